The van der Waals surface area contributed by atoms with Crippen LogP contribution in [0.1, 0.15) is 21.5 Å². The van der Waals surface area contributed by atoms with Crippen LogP contribution in [0.25, 0.3) is 0 Å². The number of nitro groups is 1. The van der Waals surface area contributed by atoms with Crippen LogP contribution in [0.5, 0.6) is 0 Å². The Morgan fingerprint density at radius 3 is 2.48 bits per heavy atom. The molecular formula is C14H13N3O4. The lowest BCUT2D eigenvalue weighted by Crippen LogP contribution is -2.05. The van der Waals surface area contributed by atoms with E-state index >= 15 is 0 Å². The molecule has 0 radical (unpaired) electrons. The number of benzene rings is 1. The highest BCUT2D eigenvalue weighted by atomic mass is 16.6. The van der Waals surface area contributed by atoms with Gasteiger partial charge in [-0.3, -0.25) is 10.1 Å². The first-order valence-electron chi connectivity index (χ1n) is 6.11. The second kappa shape index (κ2) is 5.58. The number of hydrogen-bond acceptors (Lipinski definition) is 5. The molecule has 1 aromatic carbocycles. The molecule has 0 unspecified atom stereocenters. The van der Waals surface area contributed by atoms with Gasteiger partial charge in [0.1, 0.15) is 0 Å². The Kier molecular flexibility index (Phi) is 3.84. The van der Waals surface area contributed by atoms with Crippen molar-refractivity contribution in [3.05, 3.63) is 57.3 Å². The van der Waals surface area contributed by atoms with Crippen LogP contribution in [0, 0.1) is 24.0 Å². The molecule has 2 aromatic rings. The number of hydrogen-bond donors (Lipinski definition) is 2. The minimum Gasteiger partial charge on any atom is -0.478 e. The molecule has 0 saturated carbocycles. The average molecular weight is 287 g/mol. The van der Waals surface area contributed by atoms with Crippen LogP contribution in [0.15, 0.2) is 30.5 Å². The maximum Gasteiger partial charge on any atom is 0.337 e. The summed E-state index contributed by atoms with van der Waals surface area (Å²) < 4.78 is 0. The van der Waals surface area contributed by atoms with Gasteiger partial charge in [-0.1, -0.05) is 18.2 Å². The van der Waals surface area contributed by atoms with Crippen LogP contribution in [0.2, 0.25) is 0 Å². The molecule has 0 bridgehead atoms. The minimum atomic E-state index is -1.26. The molecule has 21 heavy (non-hydrogen) atoms. The first kappa shape index (κ1) is 14.4. The van der Waals surface area contributed by atoms with Gasteiger partial charge in [-0.15, -0.1) is 0 Å². The third-order valence-corrected chi connectivity index (χ3v) is 3.04. The van der Waals surface area contributed by atoms with Gasteiger partial charge in [0.25, 0.3) is 0 Å². The van der Waals surface area contributed by atoms with Crippen LogP contribution in [0.3, 0.4) is 0 Å². The fraction of sp³-hybridized carbons (Fsp3) is 0.143. The molecule has 0 aliphatic carbocycles. The second-order valence-corrected chi connectivity index (χ2v) is 4.55. The van der Waals surface area contributed by atoms with Crippen LogP contribution in [-0.2, 0) is 0 Å². The molecule has 1 aromatic heterocycles. The summed E-state index contributed by atoms with van der Waals surface area (Å²) in [5.41, 5.74) is 1.93. The van der Waals surface area contributed by atoms with E-state index in [-0.39, 0.29) is 17.1 Å². The number of anilines is 2. The van der Waals surface area contributed by atoms with Crippen molar-refractivity contribution in [2.24, 2.45) is 0 Å². The zero-order valence-electron chi connectivity index (χ0n) is 11.5. The number of nitrogens with one attached hydrogen (secondary N) is 1. The zero-order chi connectivity index (χ0) is 15.6. The van der Waals surface area contributed by atoms with Crippen molar-refractivity contribution in [1.82, 2.24) is 4.98 Å². The minimum absolute atomic E-state index is 0.0161. The smallest absolute Gasteiger partial charge is 0.337 e. The van der Waals surface area contributed by atoms with Crippen LogP contribution >= 0.6 is 0 Å². The summed E-state index contributed by atoms with van der Waals surface area (Å²) in [6, 6.07) is 6.61. The number of aryl methyl sites for hydroxylation is 2. The number of carboxylic acids is 1. The van der Waals surface area contributed by atoms with Crippen molar-refractivity contribution in [3.8, 4) is 0 Å². The predicted octanol–water partition coefficient (Wildman–Crippen LogP) is 3.05. The van der Waals surface area contributed by atoms with E-state index < -0.39 is 10.9 Å². The third-order valence-electron chi connectivity index (χ3n) is 3.04. The van der Waals surface area contributed by atoms with Gasteiger partial charge in [-0.05, 0) is 25.0 Å². The van der Waals surface area contributed by atoms with Crippen LogP contribution in [0.4, 0.5) is 17.2 Å². The van der Waals surface area contributed by atoms with E-state index in [0.29, 0.717) is 0 Å². The fourth-order valence-corrected chi connectivity index (χ4v) is 1.94. The van der Waals surface area contributed by atoms with Gasteiger partial charge >= 0.3 is 11.7 Å². The average Bonchev–Trinajstić information content (AvgIpc) is 2.42. The van der Waals surface area contributed by atoms with E-state index in [4.69, 9.17) is 5.11 Å². The van der Waals surface area contributed by atoms with Gasteiger partial charge in [0.2, 0.25) is 5.82 Å². The highest BCUT2D eigenvalue weighted by Crippen LogP contribution is 2.29. The Morgan fingerprint density at radius 2 is 1.95 bits per heavy atom. The first-order valence-corrected chi connectivity index (χ1v) is 6.11. The fourth-order valence-electron chi connectivity index (χ4n) is 1.94. The topological polar surface area (TPSA) is 105 Å². The molecule has 0 spiro atoms. The molecule has 7 heteroatoms. The highest BCUT2D eigenvalue weighted by Gasteiger charge is 2.19. The van der Waals surface area contributed by atoms with Gasteiger partial charge in [0.05, 0.1) is 10.5 Å². The second-order valence-electron chi connectivity index (χ2n) is 4.55. The summed E-state index contributed by atoms with van der Waals surface area (Å²) in [5, 5.41) is 22.9. The maximum atomic E-state index is 11.1. The SMILES string of the molecule is Cc1cccc(C)c1Nc1ncc(C(=O)O)cc1[N+](=O)[O-]. The van der Waals surface area contributed by atoms with Crippen molar-refractivity contribution in [1.29, 1.82) is 0 Å². The molecule has 0 aliphatic rings. The summed E-state index contributed by atoms with van der Waals surface area (Å²) >= 11 is 0. The van der Waals surface area contributed by atoms with Gasteiger partial charge in [0.15, 0.2) is 0 Å². The number of rotatable bonds is 4. The molecule has 0 atom stereocenters. The Balaban J connectivity index is 2.49. The molecule has 0 amide bonds. The number of pyridine rings is 1. The normalized spacial score (nSPS) is 10.2. The number of carboxylic acid groups (broad SMARTS) is 1. The first-order chi connectivity index (χ1) is 9.90. The number of nitrogens with zero attached hydrogens (tertiary/aromatic N) is 2. The molecule has 2 N–H and O–H groups in total. The Hall–Kier alpha value is -2.96. The molecule has 0 fully saturated rings. The van der Waals surface area contributed by atoms with Crippen molar-refractivity contribution < 1.29 is 14.8 Å². The zero-order valence-corrected chi connectivity index (χ0v) is 11.5. The molecule has 1 heterocycles. The van der Waals surface area contributed by atoms with Crippen molar-refractivity contribution in [2.45, 2.75) is 13.8 Å². The standard InChI is InChI=1S/C14H13N3O4/c1-8-4-3-5-9(2)12(8)16-13-11(17(20)21)6-10(7-15-13)14(18)19/h3-7H,1-2H3,(H,15,16)(H,18,19). The largest absolute Gasteiger partial charge is 0.478 e. The Labute approximate surface area is 120 Å². The Bertz CT molecular complexity index is 708. The van der Waals surface area contributed by atoms with E-state index in [1.54, 1.807) is 0 Å². The lowest BCUT2D eigenvalue weighted by atomic mass is 10.1. The van der Waals surface area contributed by atoms with E-state index in [1.165, 1.54) is 0 Å². The highest BCUT2D eigenvalue weighted by molar-refractivity contribution is 5.89. The van der Waals surface area contributed by atoms with Crippen molar-refractivity contribution in [3.63, 3.8) is 0 Å². The maximum absolute atomic E-state index is 11.1. The Morgan fingerprint density at radius 1 is 1.33 bits per heavy atom. The third kappa shape index (κ3) is 2.97. The van der Waals surface area contributed by atoms with E-state index in [2.05, 4.69) is 10.3 Å². The summed E-state index contributed by atoms with van der Waals surface area (Å²) in [5.74, 6) is -1.24. The molecule has 7 nitrogen and oxygen atoms in total. The lowest BCUT2D eigenvalue weighted by Gasteiger charge is -2.12. The number of aromatic nitrogens is 1. The summed E-state index contributed by atoms with van der Waals surface area (Å²) in [6.07, 6.45) is 1.09. The number of carbonyl (C=O) groups is 1. The number of para-hydroxylation sites is 1. The quantitative estimate of drug-likeness (QED) is 0.661. The summed E-state index contributed by atoms with van der Waals surface area (Å²) in [4.78, 5) is 25.2. The van der Waals surface area contributed by atoms with Gasteiger partial charge in [-0.2, -0.15) is 0 Å². The summed E-state index contributed by atoms with van der Waals surface area (Å²) in [6.45, 7) is 3.74. The molecule has 108 valence electrons. The predicted molar refractivity (Wildman–Crippen MR) is 77.0 cm³/mol. The number of aromatic carboxylic acids is 1. The van der Waals surface area contributed by atoms with Gasteiger partial charge in [-0.25, -0.2) is 9.78 Å². The van der Waals surface area contributed by atoms with E-state index in [9.17, 15) is 14.9 Å². The molecule has 2 rings (SSSR count). The van der Waals surface area contributed by atoms with E-state index in [1.807, 2.05) is 32.0 Å². The van der Waals surface area contributed by atoms with Crippen LogP contribution in [-0.4, -0.2) is 21.0 Å². The molecular weight excluding hydrogens is 274 g/mol. The monoisotopic (exact) mass is 287 g/mol. The van der Waals surface area contributed by atoms with Crippen LogP contribution < -0.4 is 5.32 Å². The van der Waals surface area contributed by atoms with E-state index in [0.717, 1.165) is 29.1 Å². The van der Waals surface area contributed by atoms with Gasteiger partial charge < -0.3 is 10.4 Å². The molecule has 0 aliphatic heterocycles. The van der Waals surface area contributed by atoms with Crippen molar-refractivity contribution in [2.75, 3.05) is 5.32 Å². The molecule has 0 saturated heterocycles. The van der Waals surface area contributed by atoms with Gasteiger partial charge in [0, 0.05) is 18.0 Å². The van der Waals surface area contributed by atoms with Crippen molar-refractivity contribution >= 4 is 23.2 Å². The lowest BCUT2D eigenvalue weighted by molar-refractivity contribution is -0.384. The summed E-state index contributed by atoms with van der Waals surface area (Å²) in [7, 11) is 0.